The fourth-order valence-electron chi connectivity index (χ4n) is 1.02. The number of halogens is 3. The van der Waals surface area contributed by atoms with Crippen LogP contribution in [0, 0.1) is 0 Å². The molecule has 0 aliphatic carbocycles. The molecule has 0 atom stereocenters. The number of imidazole rings is 1. The Labute approximate surface area is 102 Å². The van der Waals surface area contributed by atoms with E-state index in [0.29, 0.717) is 12.2 Å². The molecule has 3 N–H and O–H groups in total. The summed E-state index contributed by atoms with van der Waals surface area (Å²) in [7, 11) is 0. The van der Waals surface area contributed by atoms with Crippen LogP contribution in [-0.4, -0.2) is 15.0 Å². The van der Waals surface area contributed by atoms with Crippen molar-refractivity contribution in [1.82, 2.24) is 15.0 Å². The van der Waals surface area contributed by atoms with Gasteiger partial charge in [0, 0.05) is 0 Å². The lowest BCUT2D eigenvalue weighted by molar-refractivity contribution is 0.956. The first-order chi connectivity index (χ1) is 5.79. The molecule has 0 saturated heterocycles. The van der Waals surface area contributed by atoms with E-state index in [0.717, 1.165) is 15.9 Å². The van der Waals surface area contributed by atoms with Crippen molar-refractivity contribution in [3.63, 3.8) is 0 Å². The average molecular weight is 300 g/mol. The second-order valence-electron chi connectivity index (χ2n) is 2.39. The number of rotatable bonds is 1. The van der Waals surface area contributed by atoms with Gasteiger partial charge in [0.15, 0.2) is 5.65 Å². The quantitative estimate of drug-likeness (QED) is 0.792. The van der Waals surface area contributed by atoms with Gasteiger partial charge in [-0.1, -0.05) is 0 Å². The Bertz CT molecular complexity index is 417. The molecule has 2 rings (SSSR count). The summed E-state index contributed by atoms with van der Waals surface area (Å²) in [6.07, 6.45) is 0. The first-order valence-electron chi connectivity index (χ1n) is 3.51. The van der Waals surface area contributed by atoms with E-state index in [9.17, 15) is 0 Å². The third-order valence-corrected chi connectivity index (χ3v) is 2.00. The van der Waals surface area contributed by atoms with Crippen molar-refractivity contribution in [3.05, 3.63) is 22.6 Å². The molecule has 0 radical (unpaired) electrons. The molecule has 78 valence electrons. The molecule has 7 heteroatoms. The van der Waals surface area contributed by atoms with Gasteiger partial charge in [-0.2, -0.15) is 0 Å². The molecule has 0 aliphatic rings. The zero-order valence-corrected chi connectivity index (χ0v) is 10.2. The summed E-state index contributed by atoms with van der Waals surface area (Å²) in [4.78, 5) is 11.4. The summed E-state index contributed by atoms with van der Waals surface area (Å²) in [5.74, 6) is 0.760. The lowest BCUT2D eigenvalue weighted by Crippen LogP contribution is -1.97. The Morgan fingerprint density at radius 2 is 2.00 bits per heavy atom. The predicted molar refractivity (Wildman–Crippen MR) is 64.0 cm³/mol. The van der Waals surface area contributed by atoms with E-state index in [4.69, 9.17) is 5.73 Å². The van der Waals surface area contributed by atoms with E-state index in [-0.39, 0.29) is 24.8 Å². The van der Waals surface area contributed by atoms with Gasteiger partial charge < -0.3 is 10.7 Å². The molecule has 2 aromatic rings. The Balaban J connectivity index is 0.000000845. The molecule has 14 heavy (non-hydrogen) atoms. The van der Waals surface area contributed by atoms with Crippen LogP contribution in [0.1, 0.15) is 5.82 Å². The van der Waals surface area contributed by atoms with E-state index in [2.05, 4.69) is 30.9 Å². The molecule has 0 saturated carbocycles. The minimum absolute atomic E-state index is 0. The fourth-order valence-corrected chi connectivity index (χ4v) is 1.32. The smallest absolute Gasteiger partial charge is 0.178 e. The molecule has 4 nitrogen and oxygen atoms in total. The normalized spacial score (nSPS) is 9.29. The second kappa shape index (κ2) is 5.50. The number of aromatic nitrogens is 3. The SMILES string of the molecule is Cl.Cl.NCc1nc2nc(Br)ccc2[nH]1. The molecule has 0 bridgehead atoms. The number of pyridine rings is 1. The summed E-state index contributed by atoms with van der Waals surface area (Å²) < 4.78 is 0.782. The number of fused-ring (bicyclic) bond motifs is 1. The molecule has 2 aromatic heterocycles. The monoisotopic (exact) mass is 298 g/mol. The van der Waals surface area contributed by atoms with Crippen LogP contribution in [0.5, 0.6) is 0 Å². The number of nitrogens with zero attached hydrogens (tertiary/aromatic N) is 2. The van der Waals surface area contributed by atoms with Crippen LogP contribution in [-0.2, 0) is 6.54 Å². The maximum atomic E-state index is 5.42. The third-order valence-electron chi connectivity index (χ3n) is 1.55. The van der Waals surface area contributed by atoms with Crippen LogP contribution in [0.3, 0.4) is 0 Å². The van der Waals surface area contributed by atoms with Crippen molar-refractivity contribution < 1.29 is 0 Å². The molecule has 0 unspecified atom stereocenters. The summed E-state index contributed by atoms with van der Waals surface area (Å²) in [5, 5.41) is 0. The highest BCUT2D eigenvalue weighted by Gasteiger charge is 2.01. The molecule has 0 spiro atoms. The minimum atomic E-state index is 0. The number of hydrogen-bond donors (Lipinski definition) is 2. The first kappa shape index (κ1) is 13.6. The number of nitrogens with one attached hydrogen (secondary N) is 1. The largest absolute Gasteiger partial charge is 0.340 e. The van der Waals surface area contributed by atoms with E-state index in [1.54, 1.807) is 0 Å². The number of hydrogen-bond acceptors (Lipinski definition) is 3. The molecule has 0 amide bonds. The van der Waals surface area contributed by atoms with Gasteiger partial charge in [-0.3, -0.25) is 0 Å². The van der Waals surface area contributed by atoms with Crippen LogP contribution in [0.2, 0.25) is 0 Å². The van der Waals surface area contributed by atoms with Crippen molar-refractivity contribution in [2.45, 2.75) is 6.54 Å². The molecular formula is C7H9BrCl2N4. The van der Waals surface area contributed by atoms with Gasteiger partial charge in [0.1, 0.15) is 10.4 Å². The summed E-state index contributed by atoms with van der Waals surface area (Å²) in [6.45, 7) is 0.411. The van der Waals surface area contributed by atoms with E-state index in [1.807, 2.05) is 12.1 Å². The summed E-state index contributed by atoms with van der Waals surface area (Å²) in [6, 6.07) is 3.78. The maximum absolute atomic E-state index is 5.42. The molecule has 0 aliphatic heterocycles. The van der Waals surface area contributed by atoms with E-state index >= 15 is 0 Å². The maximum Gasteiger partial charge on any atom is 0.178 e. The lowest BCUT2D eigenvalue weighted by atomic mass is 10.4. The highest BCUT2D eigenvalue weighted by atomic mass is 79.9. The highest BCUT2D eigenvalue weighted by molar-refractivity contribution is 9.10. The summed E-state index contributed by atoms with van der Waals surface area (Å²) >= 11 is 3.27. The van der Waals surface area contributed by atoms with Gasteiger partial charge in [-0.05, 0) is 28.1 Å². The van der Waals surface area contributed by atoms with Crippen molar-refractivity contribution in [2.24, 2.45) is 5.73 Å². The Morgan fingerprint density at radius 3 is 2.64 bits per heavy atom. The molecule has 2 heterocycles. The number of aromatic amines is 1. The summed E-state index contributed by atoms with van der Waals surface area (Å²) in [5.41, 5.74) is 7.03. The topological polar surface area (TPSA) is 67.6 Å². The average Bonchev–Trinajstić information content (AvgIpc) is 2.46. The van der Waals surface area contributed by atoms with Gasteiger partial charge in [0.05, 0.1) is 12.1 Å². The molecule has 0 fully saturated rings. The standard InChI is InChI=1S/C7H7BrN4.2ClH/c8-5-2-1-4-7(11-5)12-6(3-9)10-4;;/h1-2H,3,9H2,(H,10,11,12);2*1H. The second-order valence-corrected chi connectivity index (χ2v) is 3.21. The predicted octanol–water partition coefficient (Wildman–Crippen LogP) is 2.02. The van der Waals surface area contributed by atoms with Crippen molar-refractivity contribution in [3.8, 4) is 0 Å². The first-order valence-corrected chi connectivity index (χ1v) is 4.30. The fraction of sp³-hybridized carbons (Fsp3) is 0.143. The Kier molecular flexibility index (Phi) is 5.36. The minimum Gasteiger partial charge on any atom is -0.340 e. The zero-order valence-electron chi connectivity index (χ0n) is 7.03. The van der Waals surface area contributed by atoms with Crippen molar-refractivity contribution in [2.75, 3.05) is 0 Å². The lowest BCUT2D eigenvalue weighted by Gasteiger charge is -1.86. The Morgan fingerprint density at radius 1 is 1.29 bits per heavy atom. The van der Waals surface area contributed by atoms with Crippen molar-refractivity contribution >= 4 is 51.9 Å². The van der Waals surface area contributed by atoms with E-state index < -0.39 is 0 Å². The van der Waals surface area contributed by atoms with Gasteiger partial charge in [0.2, 0.25) is 0 Å². The van der Waals surface area contributed by atoms with Crippen LogP contribution in [0.15, 0.2) is 16.7 Å². The Hall–Kier alpha value is -0.360. The molecule has 0 aromatic carbocycles. The van der Waals surface area contributed by atoms with Crippen molar-refractivity contribution in [1.29, 1.82) is 0 Å². The van der Waals surface area contributed by atoms with Gasteiger partial charge in [-0.25, -0.2) is 9.97 Å². The van der Waals surface area contributed by atoms with E-state index in [1.165, 1.54) is 0 Å². The third kappa shape index (κ3) is 2.57. The van der Waals surface area contributed by atoms with Crippen LogP contribution in [0.25, 0.3) is 11.2 Å². The van der Waals surface area contributed by atoms with Gasteiger partial charge in [0.25, 0.3) is 0 Å². The van der Waals surface area contributed by atoms with Crippen LogP contribution >= 0.6 is 40.7 Å². The molecular weight excluding hydrogens is 291 g/mol. The number of nitrogens with two attached hydrogens (primary N) is 1. The highest BCUT2D eigenvalue weighted by Crippen LogP contribution is 2.12. The van der Waals surface area contributed by atoms with Gasteiger partial charge >= 0.3 is 0 Å². The van der Waals surface area contributed by atoms with Crippen LogP contribution < -0.4 is 5.73 Å². The zero-order chi connectivity index (χ0) is 8.55. The van der Waals surface area contributed by atoms with Crippen LogP contribution in [0.4, 0.5) is 0 Å². The van der Waals surface area contributed by atoms with Gasteiger partial charge in [-0.15, -0.1) is 24.8 Å². The number of H-pyrrole nitrogens is 1.